The number of hydrogen-bond donors (Lipinski definition) is 1. The molecule has 0 spiro atoms. The Morgan fingerprint density at radius 3 is 2.72 bits per heavy atom. The maximum absolute atomic E-state index is 13.6. The van der Waals surface area contributed by atoms with Gasteiger partial charge in [-0.2, -0.15) is 0 Å². The van der Waals surface area contributed by atoms with Crippen molar-refractivity contribution in [2.24, 2.45) is 0 Å². The predicted molar refractivity (Wildman–Crippen MR) is 124 cm³/mol. The van der Waals surface area contributed by atoms with Gasteiger partial charge in [0.2, 0.25) is 5.91 Å². The number of halogens is 3. The zero-order valence-corrected chi connectivity index (χ0v) is 19.1. The van der Waals surface area contributed by atoms with Crippen LogP contribution in [-0.2, 0) is 11.3 Å². The van der Waals surface area contributed by atoms with Gasteiger partial charge in [-0.1, -0.05) is 29.3 Å². The van der Waals surface area contributed by atoms with Gasteiger partial charge in [0.1, 0.15) is 11.9 Å². The van der Waals surface area contributed by atoms with Crippen LogP contribution in [0, 0.1) is 5.82 Å². The van der Waals surface area contributed by atoms with Crippen LogP contribution in [0.2, 0.25) is 10.0 Å². The molecule has 1 atom stereocenters. The lowest BCUT2D eigenvalue weighted by atomic mass is 10.1. The Kier molecular flexibility index (Phi) is 6.93. The lowest BCUT2D eigenvalue weighted by molar-refractivity contribution is -0.123. The van der Waals surface area contributed by atoms with Crippen LogP contribution in [0.4, 0.5) is 10.1 Å². The van der Waals surface area contributed by atoms with E-state index in [9.17, 15) is 14.0 Å². The Bertz CT molecular complexity index is 1130. The molecule has 1 aliphatic heterocycles. The van der Waals surface area contributed by atoms with E-state index in [0.29, 0.717) is 29.7 Å². The molecule has 2 amide bonds. The van der Waals surface area contributed by atoms with Crippen molar-refractivity contribution >= 4 is 52.0 Å². The summed E-state index contributed by atoms with van der Waals surface area (Å²) in [6.07, 6.45) is 2.36. The van der Waals surface area contributed by atoms with Crippen molar-refractivity contribution < 1.29 is 14.0 Å². The van der Waals surface area contributed by atoms with Crippen molar-refractivity contribution in [1.82, 2.24) is 15.2 Å². The van der Waals surface area contributed by atoms with E-state index in [4.69, 9.17) is 23.2 Å². The fourth-order valence-electron chi connectivity index (χ4n) is 3.58. The zero-order chi connectivity index (χ0) is 22.7. The second-order valence-electron chi connectivity index (χ2n) is 7.25. The highest BCUT2D eigenvalue weighted by Crippen LogP contribution is 2.29. The summed E-state index contributed by atoms with van der Waals surface area (Å²) in [5.74, 6) is -1.18. The van der Waals surface area contributed by atoms with Crippen molar-refractivity contribution in [2.45, 2.75) is 12.6 Å². The van der Waals surface area contributed by atoms with Gasteiger partial charge in [-0.05, 0) is 35.7 Å². The summed E-state index contributed by atoms with van der Waals surface area (Å²) in [6, 6.07) is 9.52. The van der Waals surface area contributed by atoms with E-state index in [1.165, 1.54) is 6.20 Å². The Hall–Kier alpha value is -2.68. The standard InChI is InChI=1S/C22H19Cl2FN4O2S/c23-18-4-3-16(9-19(18)24)29-6-5-28(22(31)14-8-15(25)11-26-10-14)13-20(29)21(30)27-12-17-2-1-7-32-17/h1-4,7-11,20H,5-6,12-13H2,(H,27,30)/t20-/m0/s1. The molecule has 3 aromatic rings. The number of benzene rings is 1. The van der Waals surface area contributed by atoms with Gasteiger partial charge in [0.05, 0.1) is 34.9 Å². The highest BCUT2D eigenvalue weighted by Gasteiger charge is 2.35. The van der Waals surface area contributed by atoms with Crippen molar-refractivity contribution in [3.05, 3.63) is 80.5 Å². The van der Waals surface area contributed by atoms with Crippen LogP contribution in [0.3, 0.4) is 0 Å². The van der Waals surface area contributed by atoms with Gasteiger partial charge in [-0.25, -0.2) is 4.39 Å². The number of amides is 2. The predicted octanol–water partition coefficient (Wildman–Crippen LogP) is 4.24. The normalized spacial score (nSPS) is 16.2. The number of anilines is 1. The summed E-state index contributed by atoms with van der Waals surface area (Å²) in [5.41, 5.74) is 0.876. The first-order valence-corrected chi connectivity index (χ1v) is 11.5. The average Bonchev–Trinajstić information content (AvgIpc) is 3.32. The molecular weight excluding hydrogens is 474 g/mol. The van der Waals surface area contributed by atoms with E-state index in [1.807, 2.05) is 22.4 Å². The van der Waals surface area contributed by atoms with Crippen molar-refractivity contribution in [2.75, 3.05) is 24.5 Å². The number of hydrogen-bond acceptors (Lipinski definition) is 5. The second kappa shape index (κ2) is 9.85. The van der Waals surface area contributed by atoms with Crippen molar-refractivity contribution in [3.63, 3.8) is 0 Å². The molecule has 32 heavy (non-hydrogen) atoms. The first-order valence-electron chi connectivity index (χ1n) is 9.84. The molecule has 0 bridgehead atoms. The highest BCUT2D eigenvalue weighted by atomic mass is 35.5. The van der Waals surface area contributed by atoms with Gasteiger partial charge >= 0.3 is 0 Å². The molecule has 10 heteroatoms. The van der Waals surface area contributed by atoms with Crippen LogP contribution in [-0.4, -0.2) is 47.4 Å². The smallest absolute Gasteiger partial charge is 0.255 e. The molecule has 3 heterocycles. The molecule has 4 rings (SSSR count). The highest BCUT2D eigenvalue weighted by molar-refractivity contribution is 7.09. The van der Waals surface area contributed by atoms with E-state index < -0.39 is 11.9 Å². The van der Waals surface area contributed by atoms with E-state index in [0.717, 1.165) is 22.8 Å². The molecule has 1 N–H and O–H groups in total. The number of rotatable bonds is 5. The number of pyridine rings is 1. The molecule has 166 valence electrons. The number of carbonyl (C=O) groups is 2. The summed E-state index contributed by atoms with van der Waals surface area (Å²) in [6.45, 7) is 1.27. The monoisotopic (exact) mass is 492 g/mol. The van der Waals surface area contributed by atoms with Gasteiger partial charge in [-0.15, -0.1) is 11.3 Å². The van der Waals surface area contributed by atoms with Gasteiger partial charge in [0.25, 0.3) is 5.91 Å². The fraction of sp³-hybridized carbons (Fsp3) is 0.227. The van der Waals surface area contributed by atoms with E-state index in [2.05, 4.69) is 10.3 Å². The van der Waals surface area contributed by atoms with Gasteiger partial charge in [-0.3, -0.25) is 14.6 Å². The topological polar surface area (TPSA) is 65.5 Å². The third kappa shape index (κ3) is 5.03. The Labute approximate surface area is 198 Å². The maximum atomic E-state index is 13.6. The third-order valence-electron chi connectivity index (χ3n) is 5.17. The van der Waals surface area contributed by atoms with Crippen LogP contribution in [0.15, 0.2) is 54.2 Å². The minimum absolute atomic E-state index is 0.131. The summed E-state index contributed by atoms with van der Waals surface area (Å²) >= 11 is 13.8. The number of nitrogens with one attached hydrogen (secondary N) is 1. The number of thiophene rings is 1. The van der Waals surface area contributed by atoms with Crippen molar-refractivity contribution in [3.8, 4) is 0 Å². The molecular formula is C22H19Cl2FN4O2S. The van der Waals surface area contributed by atoms with Crippen LogP contribution in [0.5, 0.6) is 0 Å². The minimum atomic E-state index is -0.661. The molecule has 0 unspecified atom stereocenters. The largest absolute Gasteiger partial charge is 0.356 e. The van der Waals surface area contributed by atoms with Crippen molar-refractivity contribution in [1.29, 1.82) is 0 Å². The maximum Gasteiger partial charge on any atom is 0.255 e. The van der Waals surface area contributed by atoms with Crippen LogP contribution in [0.25, 0.3) is 0 Å². The van der Waals surface area contributed by atoms with Gasteiger partial charge in [0, 0.05) is 29.9 Å². The summed E-state index contributed by atoms with van der Waals surface area (Å²) in [5, 5.41) is 5.69. The van der Waals surface area contributed by atoms with Crippen LogP contribution in [0.1, 0.15) is 15.2 Å². The van der Waals surface area contributed by atoms with Gasteiger partial charge in [0.15, 0.2) is 0 Å². The molecule has 0 aliphatic carbocycles. The van der Waals surface area contributed by atoms with E-state index in [-0.39, 0.29) is 23.9 Å². The molecule has 2 aromatic heterocycles. The summed E-state index contributed by atoms with van der Waals surface area (Å²) in [4.78, 5) is 34.3. The summed E-state index contributed by atoms with van der Waals surface area (Å²) in [7, 11) is 0. The molecule has 1 aliphatic rings. The molecule has 1 aromatic carbocycles. The molecule has 1 fully saturated rings. The van der Waals surface area contributed by atoms with E-state index >= 15 is 0 Å². The Balaban J connectivity index is 1.57. The molecule has 0 saturated carbocycles. The van der Waals surface area contributed by atoms with Gasteiger partial charge < -0.3 is 15.1 Å². The molecule has 1 saturated heterocycles. The zero-order valence-electron chi connectivity index (χ0n) is 16.8. The average molecular weight is 493 g/mol. The van der Waals surface area contributed by atoms with Crippen LogP contribution < -0.4 is 10.2 Å². The third-order valence-corrected chi connectivity index (χ3v) is 6.79. The second-order valence-corrected chi connectivity index (χ2v) is 9.09. The quantitative estimate of drug-likeness (QED) is 0.578. The van der Waals surface area contributed by atoms with Crippen LogP contribution >= 0.6 is 34.5 Å². The summed E-state index contributed by atoms with van der Waals surface area (Å²) < 4.78 is 13.6. The number of carbonyl (C=O) groups excluding carboxylic acids is 2. The van der Waals surface area contributed by atoms with E-state index in [1.54, 1.807) is 34.4 Å². The SMILES string of the molecule is O=C(NCc1cccs1)[C@@H]1CN(C(=O)c2cncc(F)c2)CCN1c1ccc(Cl)c(Cl)c1. The molecule has 0 radical (unpaired) electrons. The lowest BCUT2D eigenvalue weighted by Crippen LogP contribution is -2.60. The number of piperazine rings is 1. The number of aromatic nitrogens is 1. The first-order chi connectivity index (χ1) is 15.4. The molecule has 6 nitrogen and oxygen atoms in total. The Morgan fingerprint density at radius 1 is 1.16 bits per heavy atom. The lowest BCUT2D eigenvalue weighted by Gasteiger charge is -2.42. The number of nitrogens with zero attached hydrogens (tertiary/aromatic N) is 3. The minimum Gasteiger partial charge on any atom is -0.356 e. The fourth-order valence-corrected chi connectivity index (χ4v) is 4.52. The first kappa shape index (κ1) is 22.5. The Morgan fingerprint density at radius 2 is 2.00 bits per heavy atom.